The van der Waals surface area contributed by atoms with Crippen molar-refractivity contribution in [3.63, 3.8) is 0 Å². The molecular formula is C24H30N2O4. The molecule has 1 aliphatic rings. The topological polar surface area (TPSA) is 67.9 Å². The molecule has 0 radical (unpaired) electrons. The summed E-state index contributed by atoms with van der Waals surface area (Å²) in [5.74, 6) is 1.30. The van der Waals surface area contributed by atoms with Gasteiger partial charge in [0.1, 0.15) is 11.5 Å². The Morgan fingerprint density at radius 3 is 2.43 bits per heavy atom. The average Bonchev–Trinajstić information content (AvgIpc) is 2.77. The molecule has 0 aliphatic carbocycles. The molecule has 1 aliphatic heterocycles. The first-order valence-electron chi connectivity index (χ1n) is 10.3. The van der Waals surface area contributed by atoms with Crippen molar-refractivity contribution in [1.29, 1.82) is 0 Å². The van der Waals surface area contributed by atoms with Crippen molar-refractivity contribution < 1.29 is 19.1 Å². The molecule has 2 atom stereocenters. The molecular weight excluding hydrogens is 380 g/mol. The Morgan fingerprint density at radius 1 is 1.10 bits per heavy atom. The summed E-state index contributed by atoms with van der Waals surface area (Å²) < 4.78 is 10.8. The molecule has 6 heteroatoms. The number of piperidine rings is 1. The van der Waals surface area contributed by atoms with Crippen LogP contribution in [0.25, 0.3) is 0 Å². The van der Waals surface area contributed by atoms with E-state index in [9.17, 15) is 9.59 Å². The van der Waals surface area contributed by atoms with Gasteiger partial charge in [0.05, 0.1) is 26.2 Å². The normalized spacial score (nSPS) is 19.0. The van der Waals surface area contributed by atoms with E-state index in [4.69, 9.17) is 9.47 Å². The minimum atomic E-state index is -0.456. The van der Waals surface area contributed by atoms with Gasteiger partial charge in [-0.2, -0.15) is 0 Å². The Morgan fingerprint density at radius 2 is 1.80 bits per heavy atom. The van der Waals surface area contributed by atoms with Gasteiger partial charge in [0.25, 0.3) is 0 Å². The molecule has 2 aromatic carbocycles. The summed E-state index contributed by atoms with van der Waals surface area (Å²) >= 11 is 0. The van der Waals surface area contributed by atoms with Gasteiger partial charge in [-0.1, -0.05) is 32.0 Å². The van der Waals surface area contributed by atoms with E-state index in [0.717, 1.165) is 11.3 Å². The number of carbonyl (C=O) groups is 2. The number of rotatable bonds is 7. The zero-order valence-electron chi connectivity index (χ0n) is 18.1. The van der Waals surface area contributed by atoms with Crippen LogP contribution in [0.3, 0.4) is 0 Å². The first kappa shape index (κ1) is 21.7. The molecule has 1 saturated heterocycles. The highest BCUT2D eigenvalue weighted by Gasteiger charge is 2.42. The third-order valence-electron chi connectivity index (χ3n) is 5.43. The summed E-state index contributed by atoms with van der Waals surface area (Å²) in [6, 6.07) is 14.5. The van der Waals surface area contributed by atoms with Crippen LogP contribution in [0, 0.1) is 11.8 Å². The molecule has 3 rings (SSSR count). The van der Waals surface area contributed by atoms with Crippen LogP contribution in [0.1, 0.15) is 38.3 Å². The van der Waals surface area contributed by atoms with E-state index >= 15 is 0 Å². The lowest BCUT2D eigenvalue weighted by atomic mass is 9.82. The van der Waals surface area contributed by atoms with Gasteiger partial charge in [0, 0.05) is 24.2 Å². The molecule has 2 unspecified atom stereocenters. The molecule has 2 amide bonds. The number of methoxy groups -OCH3 is 2. The van der Waals surface area contributed by atoms with Crippen molar-refractivity contribution in [2.45, 2.75) is 32.7 Å². The van der Waals surface area contributed by atoms with Gasteiger partial charge in [0.2, 0.25) is 11.8 Å². The molecule has 160 valence electrons. The lowest BCUT2D eigenvalue weighted by Gasteiger charge is -2.41. The quantitative estimate of drug-likeness (QED) is 0.750. The van der Waals surface area contributed by atoms with Crippen LogP contribution in [0.5, 0.6) is 11.5 Å². The monoisotopic (exact) mass is 410 g/mol. The third-order valence-corrected chi connectivity index (χ3v) is 5.43. The summed E-state index contributed by atoms with van der Waals surface area (Å²) in [6.45, 7) is 4.72. The maximum Gasteiger partial charge on any atom is 0.227 e. The number of hydrogen-bond donors (Lipinski definition) is 1. The number of para-hydroxylation sites is 1. The van der Waals surface area contributed by atoms with Crippen LogP contribution in [-0.4, -0.2) is 32.6 Å². The van der Waals surface area contributed by atoms with Gasteiger partial charge < -0.3 is 19.7 Å². The van der Waals surface area contributed by atoms with Gasteiger partial charge in [-0.25, -0.2) is 0 Å². The van der Waals surface area contributed by atoms with Crippen molar-refractivity contribution in [2.75, 3.05) is 25.7 Å². The fraction of sp³-hybridized carbons (Fsp3) is 0.417. The van der Waals surface area contributed by atoms with Crippen LogP contribution < -0.4 is 19.7 Å². The van der Waals surface area contributed by atoms with Gasteiger partial charge in [-0.3, -0.25) is 9.59 Å². The van der Waals surface area contributed by atoms with E-state index < -0.39 is 6.04 Å². The smallest absolute Gasteiger partial charge is 0.227 e. The summed E-state index contributed by atoms with van der Waals surface area (Å²) in [5.41, 5.74) is 1.56. The Labute approximate surface area is 178 Å². The predicted octanol–water partition coefficient (Wildman–Crippen LogP) is 3.96. The van der Waals surface area contributed by atoms with Crippen molar-refractivity contribution >= 4 is 17.5 Å². The van der Waals surface area contributed by atoms with E-state index in [1.807, 2.05) is 48.5 Å². The number of anilines is 1. The molecule has 1 fully saturated rings. The Bertz CT molecular complexity index is 879. The maximum absolute atomic E-state index is 13.2. The minimum absolute atomic E-state index is 0.0102. The van der Waals surface area contributed by atoms with Crippen molar-refractivity contribution in [3.8, 4) is 11.5 Å². The number of amides is 2. The number of ether oxygens (including phenoxy) is 2. The number of nitrogens with zero attached hydrogens (tertiary/aromatic N) is 1. The highest BCUT2D eigenvalue weighted by Crippen LogP contribution is 2.43. The largest absolute Gasteiger partial charge is 0.497 e. The molecule has 1 N–H and O–H groups in total. The van der Waals surface area contributed by atoms with Gasteiger partial charge in [-0.15, -0.1) is 0 Å². The zero-order chi connectivity index (χ0) is 21.7. The zero-order valence-corrected chi connectivity index (χ0v) is 18.1. The predicted molar refractivity (Wildman–Crippen MR) is 117 cm³/mol. The molecule has 0 aromatic heterocycles. The van der Waals surface area contributed by atoms with Gasteiger partial charge in [0.15, 0.2) is 0 Å². The number of nitrogens with one attached hydrogen (secondary N) is 1. The SMILES string of the molecule is COc1ccc(N2C(=O)CCC(C(=O)NCC(C)C)C2c2ccccc2OC)cc1. The first-order chi connectivity index (χ1) is 14.5. The summed E-state index contributed by atoms with van der Waals surface area (Å²) in [7, 11) is 3.21. The van der Waals surface area contributed by atoms with Crippen LogP contribution in [0.4, 0.5) is 5.69 Å². The molecule has 0 spiro atoms. The van der Waals surface area contributed by atoms with E-state index in [1.54, 1.807) is 19.1 Å². The Kier molecular flexibility index (Phi) is 6.98. The van der Waals surface area contributed by atoms with Crippen LogP contribution >= 0.6 is 0 Å². The second-order valence-electron chi connectivity index (χ2n) is 7.93. The first-order valence-corrected chi connectivity index (χ1v) is 10.3. The molecule has 0 saturated carbocycles. The molecule has 2 aromatic rings. The molecule has 6 nitrogen and oxygen atoms in total. The van der Waals surface area contributed by atoms with Gasteiger partial charge >= 0.3 is 0 Å². The van der Waals surface area contributed by atoms with Crippen LogP contribution in [-0.2, 0) is 9.59 Å². The lowest BCUT2D eigenvalue weighted by Crippen LogP contribution is -2.48. The highest BCUT2D eigenvalue weighted by atomic mass is 16.5. The Hall–Kier alpha value is -3.02. The van der Waals surface area contributed by atoms with Crippen molar-refractivity contribution in [2.24, 2.45) is 11.8 Å². The summed E-state index contributed by atoms with van der Waals surface area (Å²) in [5, 5.41) is 3.06. The van der Waals surface area contributed by atoms with E-state index in [-0.39, 0.29) is 17.7 Å². The van der Waals surface area contributed by atoms with Crippen LogP contribution in [0.2, 0.25) is 0 Å². The standard InChI is InChI=1S/C24H30N2O4/c1-16(2)15-25-24(28)20-13-14-22(27)26(17-9-11-18(29-3)12-10-17)23(20)19-7-5-6-8-21(19)30-4/h5-12,16,20,23H,13-15H2,1-4H3,(H,25,28). The van der Waals surface area contributed by atoms with E-state index in [1.165, 1.54) is 0 Å². The van der Waals surface area contributed by atoms with Crippen molar-refractivity contribution in [3.05, 3.63) is 54.1 Å². The van der Waals surface area contributed by atoms with E-state index in [2.05, 4.69) is 19.2 Å². The third kappa shape index (κ3) is 4.58. The maximum atomic E-state index is 13.2. The minimum Gasteiger partial charge on any atom is -0.497 e. The number of carbonyl (C=O) groups excluding carboxylic acids is 2. The number of benzene rings is 2. The molecule has 1 heterocycles. The van der Waals surface area contributed by atoms with Crippen LogP contribution in [0.15, 0.2) is 48.5 Å². The number of hydrogen-bond acceptors (Lipinski definition) is 4. The fourth-order valence-electron chi connectivity index (χ4n) is 3.92. The van der Waals surface area contributed by atoms with Crippen molar-refractivity contribution in [1.82, 2.24) is 5.32 Å². The lowest BCUT2D eigenvalue weighted by molar-refractivity contribution is -0.129. The second-order valence-corrected chi connectivity index (χ2v) is 7.93. The molecule has 0 bridgehead atoms. The summed E-state index contributed by atoms with van der Waals surface area (Å²) in [4.78, 5) is 28.0. The highest BCUT2D eigenvalue weighted by molar-refractivity contribution is 5.97. The van der Waals surface area contributed by atoms with E-state index in [0.29, 0.717) is 36.8 Å². The summed E-state index contributed by atoms with van der Waals surface area (Å²) in [6.07, 6.45) is 0.815. The Balaban J connectivity index is 2.06. The second kappa shape index (κ2) is 9.65. The van der Waals surface area contributed by atoms with Gasteiger partial charge in [-0.05, 0) is 42.7 Å². The fourth-order valence-corrected chi connectivity index (χ4v) is 3.92. The molecule has 30 heavy (non-hydrogen) atoms. The average molecular weight is 411 g/mol.